The zero-order chi connectivity index (χ0) is 13.2. The second-order valence-electron chi connectivity index (χ2n) is 3.43. The van der Waals surface area contributed by atoms with Gasteiger partial charge in [-0.15, -0.1) is 15.3 Å². The molecule has 1 heterocycles. The molecule has 1 aromatic heterocycles. The number of aromatic nitrogens is 3. The minimum atomic E-state index is -3.43. The van der Waals surface area contributed by atoms with E-state index in [0.29, 0.717) is 5.69 Å². The minimum absolute atomic E-state index is 0.0801. The summed E-state index contributed by atoms with van der Waals surface area (Å²) in [4.78, 5) is 3.65. The van der Waals surface area contributed by atoms with E-state index in [0.717, 1.165) is 6.26 Å². The number of H-pyrrole nitrogens is 1. The molecule has 8 nitrogen and oxygen atoms in total. The van der Waals surface area contributed by atoms with Gasteiger partial charge in [-0.2, -0.15) is 4.98 Å². The van der Waals surface area contributed by atoms with Gasteiger partial charge in [0.05, 0.1) is 5.69 Å². The molecule has 1 aromatic carbocycles. The molecule has 2 N–H and O–H groups in total. The third kappa shape index (κ3) is 2.88. The summed E-state index contributed by atoms with van der Waals surface area (Å²) in [5.41, 5.74) is 0.485. The quantitative estimate of drug-likeness (QED) is 0.812. The topological polar surface area (TPSA) is 121 Å². The summed E-state index contributed by atoms with van der Waals surface area (Å²) < 4.78 is 22.2. The second-order valence-corrected chi connectivity index (χ2v) is 5.36. The Morgan fingerprint density at radius 3 is 2.44 bits per heavy atom. The predicted octanol–water partition coefficient (Wildman–Crippen LogP) is 1.33. The van der Waals surface area contributed by atoms with Crippen LogP contribution in [0.2, 0.25) is 0 Å². The first-order chi connectivity index (χ1) is 8.45. The van der Waals surface area contributed by atoms with Gasteiger partial charge in [-0.25, -0.2) is 13.5 Å². The molecule has 0 atom stereocenters. The van der Waals surface area contributed by atoms with Gasteiger partial charge >= 0.3 is 0 Å². The number of hydrogen-bond donors (Lipinski definition) is 2. The Hall–Kier alpha value is -2.29. The standard InChI is InChI=1S/C9H9N5O3S/c1-18(16,17)9-10-8(13-14-9)12-11-6-2-4-7(15)5-3-6/h2-5,15H,1H3,(H,10,13,14). The molecule has 0 amide bonds. The van der Waals surface area contributed by atoms with Crippen molar-refractivity contribution in [1.82, 2.24) is 15.2 Å². The number of phenolic OH excluding ortho intramolecular Hbond substituents is 1. The lowest BCUT2D eigenvalue weighted by atomic mass is 10.3. The second kappa shape index (κ2) is 4.53. The van der Waals surface area contributed by atoms with Crippen molar-refractivity contribution >= 4 is 21.5 Å². The van der Waals surface area contributed by atoms with E-state index in [2.05, 4.69) is 25.4 Å². The summed E-state index contributed by atoms with van der Waals surface area (Å²) >= 11 is 0. The molecule has 0 saturated carbocycles. The lowest BCUT2D eigenvalue weighted by molar-refractivity contribution is 0.475. The predicted molar refractivity (Wildman–Crippen MR) is 61.8 cm³/mol. The van der Waals surface area contributed by atoms with Crippen molar-refractivity contribution in [3.05, 3.63) is 24.3 Å². The first-order valence-corrected chi connectivity index (χ1v) is 6.67. The Kier molecular flexibility index (Phi) is 3.06. The van der Waals surface area contributed by atoms with E-state index >= 15 is 0 Å². The largest absolute Gasteiger partial charge is 0.508 e. The van der Waals surface area contributed by atoms with Crippen molar-refractivity contribution in [3.8, 4) is 5.75 Å². The van der Waals surface area contributed by atoms with Gasteiger partial charge in [0, 0.05) is 6.26 Å². The average Bonchev–Trinajstić information content (AvgIpc) is 2.77. The van der Waals surface area contributed by atoms with E-state index in [1.165, 1.54) is 12.1 Å². The molecule has 94 valence electrons. The molecule has 0 aliphatic carbocycles. The SMILES string of the molecule is CS(=O)(=O)c1nc(N=Nc2ccc(O)cc2)n[nH]1. The molecule has 9 heteroatoms. The molecule has 2 rings (SSSR count). The van der Waals surface area contributed by atoms with Crippen molar-refractivity contribution in [2.45, 2.75) is 5.16 Å². The normalized spacial score (nSPS) is 12.1. The van der Waals surface area contributed by atoms with Gasteiger partial charge in [0.2, 0.25) is 15.0 Å². The van der Waals surface area contributed by atoms with Crippen LogP contribution >= 0.6 is 0 Å². The van der Waals surface area contributed by atoms with Gasteiger partial charge in [-0.3, -0.25) is 0 Å². The summed E-state index contributed by atoms with van der Waals surface area (Å²) in [6, 6.07) is 5.99. The van der Waals surface area contributed by atoms with Crippen molar-refractivity contribution in [1.29, 1.82) is 0 Å². The highest BCUT2D eigenvalue weighted by Gasteiger charge is 2.12. The fourth-order valence-corrected chi connectivity index (χ4v) is 1.53. The molecule has 0 saturated heterocycles. The molecule has 0 aliphatic heterocycles. The number of phenols is 1. The smallest absolute Gasteiger partial charge is 0.288 e. The minimum Gasteiger partial charge on any atom is -0.508 e. The Morgan fingerprint density at radius 2 is 1.89 bits per heavy atom. The van der Waals surface area contributed by atoms with Crippen LogP contribution in [-0.2, 0) is 9.84 Å². The maximum Gasteiger partial charge on any atom is 0.288 e. The number of benzene rings is 1. The Balaban J connectivity index is 2.19. The third-order valence-electron chi connectivity index (χ3n) is 1.91. The molecule has 0 radical (unpaired) electrons. The van der Waals surface area contributed by atoms with Gasteiger partial charge in [0.1, 0.15) is 5.75 Å². The molecule has 0 bridgehead atoms. The van der Waals surface area contributed by atoms with Crippen LogP contribution in [0.15, 0.2) is 39.7 Å². The van der Waals surface area contributed by atoms with Gasteiger partial charge < -0.3 is 5.11 Å². The molecule has 0 fully saturated rings. The molecular formula is C9H9N5O3S. The van der Waals surface area contributed by atoms with Crippen LogP contribution in [0.1, 0.15) is 0 Å². The maximum absolute atomic E-state index is 11.1. The first kappa shape index (κ1) is 12.2. The van der Waals surface area contributed by atoms with Crippen molar-refractivity contribution in [2.24, 2.45) is 10.2 Å². The fourth-order valence-electron chi connectivity index (χ4n) is 1.07. The highest BCUT2D eigenvalue weighted by molar-refractivity contribution is 7.90. The molecule has 2 aromatic rings. The lowest BCUT2D eigenvalue weighted by Crippen LogP contribution is -1.98. The van der Waals surface area contributed by atoms with Gasteiger partial charge in [-0.1, -0.05) is 0 Å². The lowest BCUT2D eigenvalue weighted by Gasteiger charge is -1.91. The Morgan fingerprint density at radius 1 is 1.22 bits per heavy atom. The summed E-state index contributed by atoms with van der Waals surface area (Å²) in [6.45, 7) is 0. The van der Waals surface area contributed by atoms with E-state index < -0.39 is 9.84 Å². The Bertz CT molecular complexity index is 674. The molecule has 0 aliphatic rings. The van der Waals surface area contributed by atoms with E-state index in [1.54, 1.807) is 12.1 Å². The van der Waals surface area contributed by atoms with Crippen LogP contribution < -0.4 is 0 Å². The van der Waals surface area contributed by atoms with E-state index in [9.17, 15) is 8.42 Å². The summed E-state index contributed by atoms with van der Waals surface area (Å²) in [5, 5.41) is 22.1. The number of rotatable bonds is 3. The Labute approximate surface area is 102 Å². The molecule has 0 spiro atoms. The van der Waals surface area contributed by atoms with Crippen LogP contribution in [0, 0.1) is 0 Å². The molecule has 0 unspecified atom stereocenters. The highest BCUT2D eigenvalue weighted by atomic mass is 32.2. The summed E-state index contributed by atoms with van der Waals surface area (Å²) in [5.74, 6) is 0.0368. The van der Waals surface area contributed by atoms with Crippen molar-refractivity contribution < 1.29 is 13.5 Å². The van der Waals surface area contributed by atoms with Crippen LogP contribution in [0.4, 0.5) is 11.6 Å². The third-order valence-corrected chi connectivity index (χ3v) is 2.79. The van der Waals surface area contributed by atoms with E-state index in [4.69, 9.17) is 5.11 Å². The molecule has 18 heavy (non-hydrogen) atoms. The van der Waals surface area contributed by atoms with Crippen LogP contribution in [0.3, 0.4) is 0 Å². The number of azo groups is 1. The van der Waals surface area contributed by atoms with Gasteiger partial charge in [-0.05, 0) is 24.3 Å². The van der Waals surface area contributed by atoms with Crippen LogP contribution in [0.5, 0.6) is 5.75 Å². The van der Waals surface area contributed by atoms with E-state index in [-0.39, 0.29) is 16.9 Å². The number of nitrogens with one attached hydrogen (secondary N) is 1. The number of sulfone groups is 1. The molecular weight excluding hydrogens is 258 g/mol. The van der Waals surface area contributed by atoms with Crippen molar-refractivity contribution in [3.63, 3.8) is 0 Å². The number of hydrogen-bond acceptors (Lipinski definition) is 7. The van der Waals surface area contributed by atoms with Gasteiger partial charge in [0.15, 0.2) is 0 Å². The zero-order valence-electron chi connectivity index (χ0n) is 9.27. The van der Waals surface area contributed by atoms with Gasteiger partial charge in [0.25, 0.3) is 5.95 Å². The number of aromatic hydroxyl groups is 1. The monoisotopic (exact) mass is 267 g/mol. The number of aromatic amines is 1. The van der Waals surface area contributed by atoms with Crippen molar-refractivity contribution in [2.75, 3.05) is 6.26 Å². The zero-order valence-corrected chi connectivity index (χ0v) is 10.1. The maximum atomic E-state index is 11.1. The average molecular weight is 267 g/mol. The summed E-state index contributed by atoms with van der Waals surface area (Å²) in [7, 11) is -3.43. The van der Waals surface area contributed by atoms with E-state index in [1.807, 2.05) is 0 Å². The van der Waals surface area contributed by atoms with Crippen LogP contribution in [-0.4, -0.2) is 35.0 Å². The highest BCUT2D eigenvalue weighted by Crippen LogP contribution is 2.18. The summed E-state index contributed by atoms with van der Waals surface area (Å²) in [6.07, 6.45) is 1.01. The fraction of sp³-hybridized carbons (Fsp3) is 0.111. The van der Waals surface area contributed by atoms with Crippen LogP contribution in [0.25, 0.3) is 0 Å². The first-order valence-electron chi connectivity index (χ1n) is 4.78. The number of nitrogens with zero attached hydrogens (tertiary/aromatic N) is 4.